The summed E-state index contributed by atoms with van der Waals surface area (Å²) in [5.74, 6) is 0.470. The van der Waals surface area contributed by atoms with Crippen LogP contribution in [-0.4, -0.2) is 52.5 Å². The zero-order chi connectivity index (χ0) is 19.7. The predicted molar refractivity (Wildman–Crippen MR) is 112 cm³/mol. The van der Waals surface area contributed by atoms with Crippen LogP contribution in [0.25, 0.3) is 5.00 Å². The molecule has 28 heavy (non-hydrogen) atoms. The minimum absolute atomic E-state index is 0.0680. The van der Waals surface area contributed by atoms with Crippen LogP contribution in [-0.2, 0) is 12.8 Å². The van der Waals surface area contributed by atoms with Crippen molar-refractivity contribution in [3.8, 4) is 11.1 Å². The van der Waals surface area contributed by atoms with Gasteiger partial charge in [0, 0.05) is 43.4 Å². The van der Waals surface area contributed by atoms with Crippen LogP contribution in [0, 0.1) is 17.2 Å². The van der Waals surface area contributed by atoms with Crippen molar-refractivity contribution in [3.05, 3.63) is 40.5 Å². The molecule has 0 spiro atoms. The molecule has 1 aliphatic carbocycles. The molecule has 6 heteroatoms. The molecule has 1 fully saturated rings. The van der Waals surface area contributed by atoms with Crippen LogP contribution in [0.1, 0.15) is 47.5 Å². The third kappa shape index (κ3) is 3.49. The second-order valence-electron chi connectivity index (χ2n) is 8.13. The molecule has 1 atom stereocenters. The molecule has 0 bridgehead atoms. The molecule has 2 aliphatic rings. The lowest BCUT2D eigenvalue weighted by atomic mass is 9.94. The van der Waals surface area contributed by atoms with Crippen molar-refractivity contribution in [3.63, 3.8) is 0 Å². The van der Waals surface area contributed by atoms with Crippen LogP contribution in [0.4, 0.5) is 0 Å². The molecular weight excluding hydrogens is 368 g/mol. The summed E-state index contributed by atoms with van der Waals surface area (Å²) in [6.45, 7) is 7.11. The average Bonchev–Trinajstić information content (AvgIpc) is 3.36. The van der Waals surface area contributed by atoms with E-state index in [4.69, 9.17) is 0 Å². The number of carbonyl (C=O) groups excluding carboxylic acids is 1. The third-order valence-electron chi connectivity index (χ3n) is 5.96. The van der Waals surface area contributed by atoms with Crippen molar-refractivity contribution in [2.75, 3.05) is 26.2 Å². The van der Waals surface area contributed by atoms with Gasteiger partial charge in [-0.3, -0.25) is 9.69 Å². The third-order valence-corrected chi connectivity index (χ3v) is 7.27. The maximum atomic E-state index is 13.6. The fourth-order valence-corrected chi connectivity index (χ4v) is 5.78. The molecule has 0 N–H and O–H groups in total. The van der Waals surface area contributed by atoms with Crippen molar-refractivity contribution in [1.29, 1.82) is 5.26 Å². The highest BCUT2D eigenvalue weighted by Crippen LogP contribution is 2.37. The maximum Gasteiger partial charge on any atom is 0.257 e. The molecule has 148 valence electrons. The van der Waals surface area contributed by atoms with E-state index in [9.17, 15) is 10.1 Å². The molecule has 0 aromatic carbocycles. The van der Waals surface area contributed by atoms with Crippen molar-refractivity contribution in [2.24, 2.45) is 5.92 Å². The van der Waals surface area contributed by atoms with Crippen molar-refractivity contribution in [1.82, 2.24) is 14.4 Å². The summed E-state index contributed by atoms with van der Waals surface area (Å²) >= 11 is 1.79. The molecular formula is C22H28N4OS. The number of thiophene rings is 1. The Morgan fingerprint density at radius 2 is 1.79 bits per heavy atom. The fraction of sp³-hybridized carbons (Fsp3) is 0.545. The Morgan fingerprint density at radius 3 is 2.43 bits per heavy atom. The first kappa shape index (κ1) is 19.2. The number of rotatable bonds is 4. The monoisotopic (exact) mass is 396 g/mol. The molecule has 0 saturated carbocycles. The van der Waals surface area contributed by atoms with Gasteiger partial charge in [-0.2, -0.15) is 5.26 Å². The number of nitrogens with zero attached hydrogens (tertiary/aromatic N) is 4. The number of piperazine rings is 1. The lowest BCUT2D eigenvalue weighted by Crippen LogP contribution is -2.53. The normalized spacial score (nSPS) is 18.7. The van der Waals surface area contributed by atoms with Gasteiger partial charge in [0.05, 0.1) is 11.6 Å². The van der Waals surface area contributed by atoms with Crippen LogP contribution >= 0.6 is 11.3 Å². The summed E-state index contributed by atoms with van der Waals surface area (Å²) in [7, 11) is 0. The van der Waals surface area contributed by atoms with Crippen LogP contribution in [0.2, 0.25) is 0 Å². The average molecular weight is 397 g/mol. The number of amides is 1. The SMILES string of the molecule is CC(C)C(C#N)N1CCN(C(=O)c2c(-n3cccc3)sc3c2CCCC3)CC1. The van der Waals surface area contributed by atoms with E-state index in [0.717, 1.165) is 36.5 Å². The van der Waals surface area contributed by atoms with Crippen LogP contribution in [0.15, 0.2) is 24.5 Å². The Kier molecular flexibility index (Phi) is 5.56. The van der Waals surface area contributed by atoms with E-state index in [0.29, 0.717) is 19.0 Å². The maximum absolute atomic E-state index is 13.6. The second kappa shape index (κ2) is 8.10. The zero-order valence-electron chi connectivity index (χ0n) is 16.7. The van der Waals surface area contributed by atoms with Gasteiger partial charge in [-0.25, -0.2) is 0 Å². The van der Waals surface area contributed by atoms with Crippen LogP contribution in [0.3, 0.4) is 0 Å². The van der Waals surface area contributed by atoms with E-state index in [2.05, 4.69) is 29.4 Å². The van der Waals surface area contributed by atoms with E-state index >= 15 is 0 Å². The van der Waals surface area contributed by atoms with Crippen molar-refractivity contribution >= 4 is 17.2 Å². The van der Waals surface area contributed by atoms with E-state index in [-0.39, 0.29) is 11.9 Å². The Balaban J connectivity index is 1.58. The van der Waals surface area contributed by atoms with Crippen LogP contribution in [0.5, 0.6) is 0 Å². The number of nitriles is 1. The summed E-state index contributed by atoms with van der Waals surface area (Å²) in [5, 5.41) is 10.5. The summed E-state index contributed by atoms with van der Waals surface area (Å²) in [6.07, 6.45) is 8.56. The smallest absolute Gasteiger partial charge is 0.257 e. The predicted octanol–water partition coefficient (Wildman–Crippen LogP) is 3.72. The number of carbonyl (C=O) groups is 1. The van der Waals surface area contributed by atoms with Gasteiger partial charge in [0.25, 0.3) is 5.91 Å². The van der Waals surface area contributed by atoms with E-state index in [1.54, 1.807) is 11.3 Å². The summed E-state index contributed by atoms with van der Waals surface area (Å²) in [6, 6.07) is 6.39. The number of fused-ring (bicyclic) bond motifs is 1. The molecule has 1 amide bonds. The molecule has 1 unspecified atom stereocenters. The number of hydrogen-bond acceptors (Lipinski definition) is 4. The minimum Gasteiger partial charge on any atom is -0.336 e. The Labute approximate surface area is 171 Å². The van der Waals surface area contributed by atoms with Gasteiger partial charge in [0.2, 0.25) is 0 Å². The van der Waals surface area contributed by atoms with E-state index in [1.165, 1.54) is 23.3 Å². The fourth-order valence-electron chi connectivity index (χ4n) is 4.44. The quantitative estimate of drug-likeness (QED) is 0.791. The van der Waals surface area contributed by atoms with Gasteiger partial charge in [-0.15, -0.1) is 11.3 Å². The number of aromatic nitrogens is 1. The zero-order valence-corrected chi connectivity index (χ0v) is 17.5. The summed E-state index contributed by atoms with van der Waals surface area (Å²) in [5.41, 5.74) is 2.20. The molecule has 4 rings (SSSR count). The van der Waals surface area contributed by atoms with E-state index < -0.39 is 0 Å². The summed E-state index contributed by atoms with van der Waals surface area (Å²) in [4.78, 5) is 19.2. The van der Waals surface area contributed by atoms with Gasteiger partial charge < -0.3 is 9.47 Å². The lowest BCUT2D eigenvalue weighted by molar-refractivity contribution is 0.0576. The summed E-state index contributed by atoms with van der Waals surface area (Å²) < 4.78 is 2.09. The number of aryl methyl sites for hydroxylation is 1. The Hall–Kier alpha value is -2.10. The molecule has 2 aromatic heterocycles. The standard InChI is InChI=1S/C22H28N4OS/c1-16(2)18(15-23)24-11-13-25(14-12-24)21(27)20-17-7-3-4-8-19(17)28-22(20)26-9-5-6-10-26/h5-6,9-10,16,18H,3-4,7-8,11-14H2,1-2H3. The molecule has 2 aromatic rings. The van der Waals surface area contributed by atoms with Crippen LogP contribution < -0.4 is 0 Å². The highest BCUT2D eigenvalue weighted by Gasteiger charge is 2.32. The molecule has 3 heterocycles. The molecule has 1 saturated heterocycles. The lowest BCUT2D eigenvalue weighted by Gasteiger charge is -2.38. The highest BCUT2D eigenvalue weighted by atomic mass is 32.1. The molecule has 1 aliphatic heterocycles. The molecule has 5 nitrogen and oxygen atoms in total. The second-order valence-corrected chi connectivity index (χ2v) is 9.21. The first-order chi connectivity index (χ1) is 13.6. The number of hydrogen-bond donors (Lipinski definition) is 0. The van der Waals surface area contributed by atoms with Crippen molar-refractivity contribution < 1.29 is 4.79 Å². The highest BCUT2D eigenvalue weighted by molar-refractivity contribution is 7.15. The first-order valence-corrected chi connectivity index (χ1v) is 11.1. The van der Waals surface area contributed by atoms with Gasteiger partial charge in [0.15, 0.2) is 0 Å². The van der Waals surface area contributed by atoms with Gasteiger partial charge in [-0.1, -0.05) is 13.8 Å². The van der Waals surface area contributed by atoms with Gasteiger partial charge in [0.1, 0.15) is 11.0 Å². The largest absolute Gasteiger partial charge is 0.336 e. The Bertz CT molecular complexity index is 869. The van der Waals surface area contributed by atoms with Gasteiger partial charge >= 0.3 is 0 Å². The molecule has 0 radical (unpaired) electrons. The topological polar surface area (TPSA) is 52.3 Å². The van der Waals surface area contributed by atoms with Crippen molar-refractivity contribution in [2.45, 2.75) is 45.6 Å². The van der Waals surface area contributed by atoms with Gasteiger partial charge in [-0.05, 0) is 49.3 Å². The minimum atomic E-state index is -0.0680. The van der Waals surface area contributed by atoms with E-state index in [1.807, 2.05) is 29.4 Å². The Morgan fingerprint density at radius 1 is 1.11 bits per heavy atom. The first-order valence-electron chi connectivity index (χ1n) is 10.3.